The minimum atomic E-state index is -0.203. The fourth-order valence-corrected chi connectivity index (χ4v) is 4.98. The Bertz CT molecular complexity index is 1200. The molecule has 2 heterocycles. The molecular weight excluding hydrogens is 374 g/mol. The number of phenolic OH excluding ortho intramolecular Hbond substituents is 1. The molecule has 1 atom stereocenters. The summed E-state index contributed by atoms with van der Waals surface area (Å²) in [7, 11) is 1.47. The Morgan fingerprint density at radius 1 is 1.50 bits per heavy atom. The maximum absolute atomic E-state index is 12.7. The highest BCUT2D eigenvalue weighted by molar-refractivity contribution is 7.18. The predicted octanol–water partition coefficient (Wildman–Crippen LogP) is 3.89. The predicted molar refractivity (Wildman–Crippen MR) is 110 cm³/mol. The summed E-state index contributed by atoms with van der Waals surface area (Å²) in [5, 5.41) is 20.2. The SMILES string of the molecule is COc1ccc(C=C(C#N)c2nc3sc4c(c3c(=O)[nH]2)CCC(C)C4)cc1O. The van der Waals surface area contributed by atoms with Gasteiger partial charge in [0.25, 0.3) is 5.56 Å². The topological polar surface area (TPSA) is 99.0 Å². The van der Waals surface area contributed by atoms with Crippen LogP contribution in [-0.2, 0) is 12.8 Å². The van der Waals surface area contributed by atoms with Crippen LogP contribution in [0.3, 0.4) is 0 Å². The van der Waals surface area contributed by atoms with Crippen molar-refractivity contribution in [1.29, 1.82) is 5.26 Å². The Morgan fingerprint density at radius 2 is 2.32 bits per heavy atom. The summed E-state index contributed by atoms with van der Waals surface area (Å²) in [6.07, 6.45) is 4.52. The number of aromatic nitrogens is 2. The third-order valence-electron chi connectivity index (χ3n) is 5.05. The summed E-state index contributed by atoms with van der Waals surface area (Å²) >= 11 is 1.55. The van der Waals surface area contributed by atoms with E-state index in [-0.39, 0.29) is 22.7 Å². The number of phenols is 1. The highest BCUT2D eigenvalue weighted by Crippen LogP contribution is 2.36. The molecule has 1 aromatic carbocycles. The average molecular weight is 393 g/mol. The lowest BCUT2D eigenvalue weighted by Crippen LogP contribution is -2.14. The summed E-state index contributed by atoms with van der Waals surface area (Å²) in [4.78, 5) is 22.0. The minimum absolute atomic E-state index is 0.0227. The van der Waals surface area contributed by atoms with Crippen molar-refractivity contribution in [2.24, 2.45) is 5.92 Å². The van der Waals surface area contributed by atoms with Gasteiger partial charge in [0.1, 0.15) is 10.9 Å². The molecule has 0 aliphatic heterocycles. The van der Waals surface area contributed by atoms with Crippen LogP contribution < -0.4 is 10.3 Å². The Kier molecular flexibility index (Phi) is 4.65. The zero-order chi connectivity index (χ0) is 19.8. The monoisotopic (exact) mass is 393 g/mol. The van der Waals surface area contributed by atoms with Gasteiger partial charge in [-0.15, -0.1) is 11.3 Å². The van der Waals surface area contributed by atoms with Crippen LogP contribution in [0.1, 0.15) is 35.2 Å². The van der Waals surface area contributed by atoms with E-state index in [2.05, 4.69) is 23.0 Å². The molecule has 142 valence electrons. The quantitative estimate of drug-likeness (QED) is 0.658. The van der Waals surface area contributed by atoms with E-state index in [1.807, 2.05) is 0 Å². The third kappa shape index (κ3) is 3.16. The van der Waals surface area contributed by atoms with E-state index in [0.29, 0.717) is 27.4 Å². The molecule has 6 nitrogen and oxygen atoms in total. The molecule has 1 unspecified atom stereocenters. The Hall–Kier alpha value is -3.11. The van der Waals surface area contributed by atoms with Crippen molar-refractivity contribution in [1.82, 2.24) is 9.97 Å². The molecule has 0 bridgehead atoms. The van der Waals surface area contributed by atoms with Gasteiger partial charge in [0.05, 0.1) is 18.1 Å². The van der Waals surface area contributed by atoms with Crippen molar-refractivity contribution in [3.63, 3.8) is 0 Å². The maximum atomic E-state index is 12.7. The van der Waals surface area contributed by atoms with Crippen LogP contribution in [0.5, 0.6) is 11.5 Å². The number of rotatable bonds is 3. The molecule has 0 saturated heterocycles. The largest absolute Gasteiger partial charge is 0.504 e. The molecule has 0 saturated carbocycles. The van der Waals surface area contributed by atoms with Crippen LogP contribution in [0, 0.1) is 17.2 Å². The zero-order valence-corrected chi connectivity index (χ0v) is 16.4. The molecule has 1 aliphatic rings. The van der Waals surface area contributed by atoms with Gasteiger partial charge in [-0.1, -0.05) is 13.0 Å². The summed E-state index contributed by atoms with van der Waals surface area (Å²) in [6.45, 7) is 2.22. The fourth-order valence-electron chi connectivity index (χ4n) is 3.59. The summed E-state index contributed by atoms with van der Waals surface area (Å²) in [6, 6.07) is 6.93. The van der Waals surface area contributed by atoms with E-state index in [0.717, 1.165) is 24.8 Å². The van der Waals surface area contributed by atoms with Gasteiger partial charge in [0, 0.05) is 4.88 Å². The first-order valence-electron chi connectivity index (χ1n) is 9.04. The highest BCUT2D eigenvalue weighted by atomic mass is 32.1. The molecule has 3 aromatic rings. The normalized spacial score (nSPS) is 16.6. The molecule has 0 spiro atoms. The van der Waals surface area contributed by atoms with Crippen molar-refractivity contribution in [3.8, 4) is 17.6 Å². The number of methoxy groups -OCH3 is 1. The molecule has 0 radical (unpaired) electrons. The average Bonchev–Trinajstić information content (AvgIpc) is 3.03. The number of nitrogens with zero attached hydrogens (tertiary/aromatic N) is 2. The molecule has 4 rings (SSSR count). The molecule has 2 N–H and O–H groups in total. The number of benzene rings is 1. The lowest BCUT2D eigenvalue weighted by Gasteiger charge is -2.17. The van der Waals surface area contributed by atoms with Gasteiger partial charge < -0.3 is 14.8 Å². The van der Waals surface area contributed by atoms with Crippen LogP contribution in [0.25, 0.3) is 21.9 Å². The van der Waals surface area contributed by atoms with Gasteiger partial charge in [-0.25, -0.2) is 4.98 Å². The second kappa shape index (κ2) is 7.13. The number of aryl methyl sites for hydroxylation is 1. The number of ether oxygens (including phenoxy) is 1. The molecule has 7 heteroatoms. The molecule has 2 aromatic heterocycles. The first-order valence-corrected chi connectivity index (χ1v) is 9.85. The van der Waals surface area contributed by atoms with E-state index in [1.165, 1.54) is 18.1 Å². The molecule has 0 fully saturated rings. The van der Waals surface area contributed by atoms with Gasteiger partial charge in [0.15, 0.2) is 17.3 Å². The highest BCUT2D eigenvalue weighted by Gasteiger charge is 2.23. The Labute approximate surface area is 165 Å². The number of nitrogens with one attached hydrogen (secondary N) is 1. The number of hydrogen-bond donors (Lipinski definition) is 2. The summed E-state index contributed by atoms with van der Waals surface area (Å²) in [5.74, 6) is 1.17. The van der Waals surface area contributed by atoms with Crippen molar-refractivity contribution >= 4 is 33.2 Å². The number of nitriles is 1. The van der Waals surface area contributed by atoms with Crippen molar-refractivity contribution in [3.05, 3.63) is 50.4 Å². The van der Waals surface area contributed by atoms with Crippen molar-refractivity contribution in [2.75, 3.05) is 7.11 Å². The number of H-pyrrole nitrogens is 1. The first kappa shape index (κ1) is 18.3. The second-order valence-corrected chi connectivity index (χ2v) is 8.13. The molecule has 1 aliphatic carbocycles. The van der Waals surface area contributed by atoms with Crippen LogP contribution in [-0.4, -0.2) is 22.2 Å². The van der Waals surface area contributed by atoms with Gasteiger partial charge in [-0.3, -0.25) is 4.79 Å². The number of allylic oxidation sites excluding steroid dienone is 1. The van der Waals surface area contributed by atoms with E-state index in [9.17, 15) is 15.2 Å². The van der Waals surface area contributed by atoms with Crippen molar-refractivity contribution in [2.45, 2.75) is 26.2 Å². The maximum Gasteiger partial charge on any atom is 0.260 e. The van der Waals surface area contributed by atoms with E-state index in [1.54, 1.807) is 29.5 Å². The van der Waals surface area contributed by atoms with Crippen molar-refractivity contribution < 1.29 is 9.84 Å². The Balaban J connectivity index is 1.80. The van der Waals surface area contributed by atoms with Gasteiger partial charge >= 0.3 is 0 Å². The lowest BCUT2D eigenvalue weighted by atomic mass is 9.89. The number of aromatic amines is 1. The van der Waals surface area contributed by atoms with E-state index < -0.39 is 0 Å². The summed E-state index contributed by atoms with van der Waals surface area (Å²) in [5.41, 5.74) is 1.74. The fraction of sp³-hybridized carbons (Fsp3) is 0.286. The summed E-state index contributed by atoms with van der Waals surface area (Å²) < 4.78 is 5.03. The van der Waals surface area contributed by atoms with Gasteiger partial charge in [-0.05, 0) is 54.5 Å². The smallest absolute Gasteiger partial charge is 0.260 e. The first-order chi connectivity index (χ1) is 13.5. The lowest BCUT2D eigenvalue weighted by molar-refractivity contribution is 0.373. The standard InChI is InChI=1S/C21H19N3O3S/c1-11-3-5-14-17(7-11)28-21-18(14)20(26)23-19(24-21)13(10-22)8-12-4-6-16(27-2)15(25)9-12/h4,6,8-9,11,25H,3,5,7H2,1-2H3,(H,23,24,26). The molecular formula is C21H19N3O3S. The zero-order valence-electron chi connectivity index (χ0n) is 15.6. The number of fused-ring (bicyclic) bond motifs is 3. The van der Waals surface area contributed by atoms with Gasteiger partial charge in [-0.2, -0.15) is 5.26 Å². The minimum Gasteiger partial charge on any atom is -0.504 e. The molecule has 28 heavy (non-hydrogen) atoms. The van der Waals surface area contributed by atoms with E-state index in [4.69, 9.17) is 4.74 Å². The van der Waals surface area contributed by atoms with Crippen LogP contribution in [0.15, 0.2) is 23.0 Å². The van der Waals surface area contributed by atoms with Crippen LogP contribution in [0.4, 0.5) is 0 Å². The Morgan fingerprint density at radius 3 is 3.04 bits per heavy atom. The van der Waals surface area contributed by atoms with Gasteiger partial charge in [0.2, 0.25) is 0 Å². The number of aromatic hydroxyl groups is 1. The number of hydrogen-bond acceptors (Lipinski definition) is 6. The molecule has 0 amide bonds. The third-order valence-corrected chi connectivity index (χ3v) is 6.20. The van der Waals surface area contributed by atoms with Crippen LogP contribution in [0.2, 0.25) is 0 Å². The second-order valence-electron chi connectivity index (χ2n) is 7.05. The van der Waals surface area contributed by atoms with E-state index >= 15 is 0 Å². The number of thiophene rings is 1. The van der Waals surface area contributed by atoms with Crippen LogP contribution >= 0.6 is 11.3 Å².